The van der Waals surface area contributed by atoms with Gasteiger partial charge in [-0.05, 0) is 64.4 Å². The van der Waals surface area contributed by atoms with Crippen LogP contribution in [0.4, 0.5) is 5.69 Å². The number of carbonyl (C=O) groups is 1. The van der Waals surface area contributed by atoms with E-state index in [1.54, 1.807) is 6.07 Å². The molecule has 1 fully saturated rings. The van der Waals surface area contributed by atoms with Crippen molar-refractivity contribution >= 4 is 22.6 Å². The molecule has 1 amide bonds. The number of nitrogens with one attached hydrogen (secondary N) is 1. The Morgan fingerprint density at radius 1 is 1.25 bits per heavy atom. The molecule has 24 heavy (non-hydrogen) atoms. The molecule has 0 unspecified atom stereocenters. The molecule has 0 bridgehead atoms. The topological polar surface area (TPSA) is 62.6 Å². The number of rotatable bonds is 3. The molecule has 1 aliphatic heterocycles. The van der Waals surface area contributed by atoms with E-state index in [2.05, 4.69) is 24.1 Å². The lowest BCUT2D eigenvalue weighted by Crippen LogP contribution is -2.41. The monoisotopic (exact) mass is 328 g/mol. The maximum Gasteiger partial charge on any atom is 0.336 e. The van der Waals surface area contributed by atoms with Crippen LogP contribution in [0.15, 0.2) is 33.5 Å². The quantitative estimate of drug-likeness (QED) is 0.879. The molecule has 1 aromatic heterocycles. The lowest BCUT2D eigenvalue weighted by Gasteiger charge is -2.33. The van der Waals surface area contributed by atoms with Crippen LogP contribution in [0.3, 0.4) is 0 Å². The first-order valence-corrected chi connectivity index (χ1v) is 8.53. The molecule has 0 aliphatic carbocycles. The molecular formula is C19H24N2O3. The van der Waals surface area contributed by atoms with Crippen LogP contribution in [0.2, 0.25) is 0 Å². The summed E-state index contributed by atoms with van der Waals surface area (Å²) in [7, 11) is 0. The van der Waals surface area contributed by atoms with Crippen molar-refractivity contribution in [1.29, 1.82) is 0 Å². The molecule has 5 heteroatoms. The van der Waals surface area contributed by atoms with Crippen LogP contribution in [-0.2, 0) is 4.79 Å². The maximum absolute atomic E-state index is 12.5. The summed E-state index contributed by atoms with van der Waals surface area (Å²) in [6.45, 7) is 8.17. The smallest absolute Gasteiger partial charge is 0.336 e. The number of piperidine rings is 1. The van der Waals surface area contributed by atoms with Gasteiger partial charge in [0.1, 0.15) is 5.58 Å². The lowest BCUT2D eigenvalue weighted by molar-refractivity contribution is -0.121. The molecule has 128 valence electrons. The number of hydrogen-bond acceptors (Lipinski definition) is 4. The van der Waals surface area contributed by atoms with Crippen LogP contribution in [0.5, 0.6) is 0 Å². The van der Waals surface area contributed by atoms with Gasteiger partial charge in [-0.15, -0.1) is 0 Å². The molecule has 0 saturated carbocycles. The van der Waals surface area contributed by atoms with E-state index in [1.165, 1.54) is 6.07 Å². The minimum atomic E-state index is -0.371. The van der Waals surface area contributed by atoms with Crippen molar-refractivity contribution in [1.82, 2.24) is 4.90 Å². The minimum absolute atomic E-state index is 0.0419. The largest absolute Gasteiger partial charge is 0.423 e. The standard InChI is InChI=1S/C19H24N2O3/c1-12(2)21-8-6-14(7-9-21)19(23)20-15-4-5-16-13(3)10-18(22)24-17(16)11-15/h4-5,10-12,14H,6-9H2,1-3H3,(H,20,23). The van der Waals surface area contributed by atoms with Gasteiger partial charge in [0.05, 0.1) is 0 Å². The number of hydrogen-bond donors (Lipinski definition) is 1. The van der Waals surface area contributed by atoms with Crippen LogP contribution in [0, 0.1) is 12.8 Å². The van der Waals surface area contributed by atoms with Gasteiger partial charge in [0.25, 0.3) is 0 Å². The Kier molecular flexibility index (Phi) is 4.71. The highest BCUT2D eigenvalue weighted by atomic mass is 16.4. The first-order valence-electron chi connectivity index (χ1n) is 8.53. The van der Waals surface area contributed by atoms with E-state index < -0.39 is 0 Å². The van der Waals surface area contributed by atoms with Gasteiger partial charge < -0.3 is 14.6 Å². The van der Waals surface area contributed by atoms with Crippen LogP contribution >= 0.6 is 0 Å². The Bertz CT molecular complexity index is 802. The predicted octanol–water partition coefficient (Wildman–Crippen LogP) is 3.16. The first kappa shape index (κ1) is 16.7. The number of carbonyl (C=O) groups excluding carboxylic acids is 1. The first-order chi connectivity index (χ1) is 11.4. The van der Waals surface area contributed by atoms with E-state index in [4.69, 9.17) is 4.42 Å². The van der Waals surface area contributed by atoms with Gasteiger partial charge in [0.2, 0.25) is 5.91 Å². The van der Waals surface area contributed by atoms with Gasteiger partial charge in [-0.3, -0.25) is 4.79 Å². The van der Waals surface area contributed by atoms with Crippen molar-refractivity contribution in [3.05, 3.63) is 40.2 Å². The second-order valence-corrected chi connectivity index (χ2v) is 6.85. The highest BCUT2D eigenvalue weighted by molar-refractivity contribution is 5.95. The van der Waals surface area contributed by atoms with E-state index in [-0.39, 0.29) is 17.5 Å². The molecule has 3 rings (SSSR count). The van der Waals surface area contributed by atoms with E-state index in [9.17, 15) is 9.59 Å². The van der Waals surface area contributed by atoms with Crippen LogP contribution < -0.4 is 10.9 Å². The summed E-state index contributed by atoms with van der Waals surface area (Å²) in [5.41, 5.74) is 1.68. The van der Waals surface area contributed by atoms with Gasteiger partial charge in [0.15, 0.2) is 0 Å². The summed E-state index contributed by atoms with van der Waals surface area (Å²) < 4.78 is 5.24. The number of nitrogens with zero attached hydrogens (tertiary/aromatic N) is 1. The summed E-state index contributed by atoms with van der Waals surface area (Å²) >= 11 is 0. The van der Waals surface area contributed by atoms with Gasteiger partial charge >= 0.3 is 5.63 Å². The summed E-state index contributed by atoms with van der Waals surface area (Å²) in [5.74, 6) is 0.0907. The number of aryl methyl sites for hydroxylation is 1. The van der Waals surface area contributed by atoms with E-state index >= 15 is 0 Å². The third kappa shape index (κ3) is 3.51. The minimum Gasteiger partial charge on any atom is -0.423 e. The van der Waals surface area contributed by atoms with E-state index in [0.717, 1.165) is 36.9 Å². The summed E-state index contributed by atoms with van der Waals surface area (Å²) in [4.78, 5) is 26.4. The fourth-order valence-electron chi connectivity index (χ4n) is 3.33. The average Bonchev–Trinajstić information content (AvgIpc) is 2.54. The Morgan fingerprint density at radius 3 is 2.62 bits per heavy atom. The van der Waals surface area contributed by atoms with Gasteiger partial charge in [-0.25, -0.2) is 4.79 Å². The summed E-state index contributed by atoms with van der Waals surface area (Å²) in [5, 5.41) is 3.85. The molecular weight excluding hydrogens is 304 g/mol. The van der Waals surface area contributed by atoms with E-state index in [0.29, 0.717) is 17.3 Å². The number of fused-ring (bicyclic) bond motifs is 1. The molecule has 2 aromatic rings. The third-order valence-electron chi connectivity index (χ3n) is 4.85. The Morgan fingerprint density at radius 2 is 1.96 bits per heavy atom. The Balaban J connectivity index is 1.71. The zero-order valence-electron chi connectivity index (χ0n) is 14.5. The van der Waals surface area contributed by atoms with Gasteiger partial charge in [-0.1, -0.05) is 0 Å². The van der Waals surface area contributed by atoms with Gasteiger partial charge in [-0.2, -0.15) is 0 Å². The van der Waals surface area contributed by atoms with Crippen LogP contribution in [0.25, 0.3) is 11.0 Å². The number of benzene rings is 1. The molecule has 1 aliphatic rings. The van der Waals surface area contributed by atoms with E-state index in [1.807, 2.05) is 19.1 Å². The molecule has 1 saturated heterocycles. The normalized spacial score (nSPS) is 16.7. The number of likely N-dealkylation sites (tertiary alicyclic amines) is 1. The van der Waals surface area contributed by atoms with Crippen LogP contribution in [0.1, 0.15) is 32.3 Å². The summed E-state index contributed by atoms with van der Waals surface area (Å²) in [6, 6.07) is 7.47. The second-order valence-electron chi connectivity index (χ2n) is 6.85. The van der Waals surface area contributed by atoms with Crippen LogP contribution in [-0.4, -0.2) is 29.9 Å². The van der Waals surface area contributed by atoms with Crippen molar-refractivity contribution < 1.29 is 9.21 Å². The Labute approximate surface area is 141 Å². The maximum atomic E-state index is 12.5. The third-order valence-corrected chi connectivity index (χ3v) is 4.85. The SMILES string of the molecule is Cc1cc(=O)oc2cc(NC(=O)C3CCN(C(C)C)CC3)ccc12. The molecule has 2 heterocycles. The molecule has 1 aromatic carbocycles. The zero-order valence-corrected chi connectivity index (χ0v) is 14.5. The van der Waals surface area contributed by atoms with Crippen molar-refractivity contribution in [2.45, 2.75) is 39.7 Å². The highest BCUT2D eigenvalue weighted by Crippen LogP contribution is 2.23. The average molecular weight is 328 g/mol. The summed E-state index contributed by atoms with van der Waals surface area (Å²) in [6.07, 6.45) is 1.76. The number of anilines is 1. The van der Waals surface area contributed by atoms with Crippen molar-refractivity contribution in [2.75, 3.05) is 18.4 Å². The molecule has 0 atom stereocenters. The molecule has 1 N–H and O–H groups in total. The number of amides is 1. The molecule has 5 nitrogen and oxygen atoms in total. The zero-order chi connectivity index (χ0) is 17.3. The fraction of sp³-hybridized carbons (Fsp3) is 0.474. The lowest BCUT2D eigenvalue weighted by atomic mass is 9.95. The molecule has 0 radical (unpaired) electrons. The van der Waals surface area contributed by atoms with Crippen molar-refractivity contribution in [3.63, 3.8) is 0 Å². The fourth-order valence-corrected chi connectivity index (χ4v) is 3.33. The predicted molar refractivity (Wildman–Crippen MR) is 95.3 cm³/mol. The molecule has 0 spiro atoms. The van der Waals surface area contributed by atoms with Crippen molar-refractivity contribution in [2.24, 2.45) is 5.92 Å². The second kappa shape index (κ2) is 6.77. The Hall–Kier alpha value is -2.14. The highest BCUT2D eigenvalue weighted by Gasteiger charge is 2.26. The van der Waals surface area contributed by atoms with Gasteiger partial charge in [0, 0.05) is 35.2 Å². The van der Waals surface area contributed by atoms with Crippen molar-refractivity contribution in [3.8, 4) is 0 Å².